The summed E-state index contributed by atoms with van der Waals surface area (Å²) in [5, 5.41) is 3.19. The van der Waals surface area contributed by atoms with Gasteiger partial charge in [-0.05, 0) is 33.1 Å². The zero-order valence-corrected chi connectivity index (χ0v) is 12.0. The van der Waals surface area contributed by atoms with Crippen molar-refractivity contribution < 1.29 is 0 Å². The predicted octanol–water partition coefficient (Wildman–Crippen LogP) is 2.77. The van der Waals surface area contributed by atoms with Crippen LogP contribution in [-0.4, -0.2) is 29.6 Å². The minimum absolute atomic E-state index is 0.697. The fourth-order valence-electron chi connectivity index (χ4n) is 2.38. The minimum Gasteiger partial charge on any atom is -0.373 e. The van der Waals surface area contributed by atoms with Crippen LogP contribution in [0.2, 0.25) is 0 Å². The van der Waals surface area contributed by atoms with Crippen molar-refractivity contribution in [3.8, 4) is 0 Å². The topological polar surface area (TPSA) is 41.1 Å². The normalized spacial score (nSPS) is 14.7. The van der Waals surface area contributed by atoms with E-state index >= 15 is 0 Å². The lowest BCUT2D eigenvalue weighted by Gasteiger charge is -2.25. The fraction of sp³-hybridized carbons (Fsp3) is 0.714. The maximum absolute atomic E-state index is 4.78. The second-order valence-electron chi connectivity index (χ2n) is 4.95. The van der Waals surface area contributed by atoms with Gasteiger partial charge in [0, 0.05) is 31.6 Å². The van der Waals surface area contributed by atoms with Gasteiger partial charge < -0.3 is 10.2 Å². The van der Waals surface area contributed by atoms with Gasteiger partial charge in [0.25, 0.3) is 0 Å². The lowest BCUT2D eigenvalue weighted by molar-refractivity contribution is 0.772. The Bertz CT molecular complexity index is 413. The SMILES string of the molecule is CCCc1nc(NC)c(C)c(N(CC)C2CC2)n1. The van der Waals surface area contributed by atoms with E-state index in [9.17, 15) is 0 Å². The number of nitrogens with one attached hydrogen (secondary N) is 1. The molecule has 1 aliphatic rings. The molecule has 1 saturated carbocycles. The number of rotatable bonds is 6. The molecule has 0 aromatic carbocycles. The number of aryl methyl sites for hydroxylation is 1. The van der Waals surface area contributed by atoms with Crippen molar-refractivity contribution in [2.45, 2.75) is 52.5 Å². The first kappa shape index (κ1) is 13.1. The highest BCUT2D eigenvalue weighted by atomic mass is 15.2. The van der Waals surface area contributed by atoms with Crippen LogP contribution < -0.4 is 10.2 Å². The van der Waals surface area contributed by atoms with Crippen LogP contribution in [0.4, 0.5) is 11.6 Å². The van der Waals surface area contributed by atoms with Gasteiger partial charge in [0.05, 0.1) is 0 Å². The van der Waals surface area contributed by atoms with Crippen molar-refractivity contribution in [2.75, 3.05) is 23.8 Å². The van der Waals surface area contributed by atoms with Gasteiger partial charge in [0.1, 0.15) is 17.5 Å². The molecule has 4 heteroatoms. The summed E-state index contributed by atoms with van der Waals surface area (Å²) in [5.41, 5.74) is 1.17. The molecule has 1 fully saturated rings. The third kappa shape index (κ3) is 2.57. The van der Waals surface area contributed by atoms with Crippen molar-refractivity contribution in [1.82, 2.24) is 9.97 Å². The molecule has 0 saturated heterocycles. The molecule has 2 rings (SSSR count). The van der Waals surface area contributed by atoms with E-state index in [0.717, 1.165) is 36.8 Å². The molecule has 0 atom stereocenters. The van der Waals surface area contributed by atoms with E-state index < -0.39 is 0 Å². The molecule has 1 aromatic heterocycles. The van der Waals surface area contributed by atoms with Crippen molar-refractivity contribution in [3.05, 3.63) is 11.4 Å². The Kier molecular flexibility index (Phi) is 4.04. The molecule has 1 aromatic rings. The second kappa shape index (κ2) is 5.55. The van der Waals surface area contributed by atoms with Crippen LogP contribution in [0.3, 0.4) is 0 Å². The average Bonchev–Trinajstić information content (AvgIpc) is 3.18. The molecule has 1 N–H and O–H groups in total. The van der Waals surface area contributed by atoms with Crippen LogP contribution in [0, 0.1) is 6.92 Å². The Balaban J connectivity index is 2.39. The molecule has 100 valence electrons. The van der Waals surface area contributed by atoms with Gasteiger partial charge in [0.2, 0.25) is 0 Å². The first-order chi connectivity index (χ1) is 8.71. The molecule has 1 aliphatic carbocycles. The van der Waals surface area contributed by atoms with E-state index in [-0.39, 0.29) is 0 Å². The third-order valence-electron chi connectivity index (χ3n) is 3.48. The Labute approximate surface area is 110 Å². The highest BCUT2D eigenvalue weighted by Crippen LogP contribution is 2.33. The average molecular weight is 248 g/mol. The third-order valence-corrected chi connectivity index (χ3v) is 3.48. The van der Waals surface area contributed by atoms with E-state index in [1.807, 2.05) is 7.05 Å². The van der Waals surface area contributed by atoms with E-state index in [1.165, 1.54) is 18.4 Å². The number of hydrogen-bond acceptors (Lipinski definition) is 4. The smallest absolute Gasteiger partial charge is 0.137 e. The van der Waals surface area contributed by atoms with Crippen LogP contribution in [0.25, 0.3) is 0 Å². The van der Waals surface area contributed by atoms with Gasteiger partial charge in [-0.15, -0.1) is 0 Å². The van der Waals surface area contributed by atoms with E-state index in [1.54, 1.807) is 0 Å². The summed E-state index contributed by atoms with van der Waals surface area (Å²) in [4.78, 5) is 11.8. The molecule has 0 bridgehead atoms. The maximum Gasteiger partial charge on any atom is 0.137 e. The van der Waals surface area contributed by atoms with Crippen LogP contribution in [0.15, 0.2) is 0 Å². The van der Waals surface area contributed by atoms with Crippen molar-refractivity contribution in [2.24, 2.45) is 0 Å². The second-order valence-corrected chi connectivity index (χ2v) is 4.95. The molecular weight excluding hydrogens is 224 g/mol. The molecule has 1 heterocycles. The molecule has 0 radical (unpaired) electrons. The van der Waals surface area contributed by atoms with Gasteiger partial charge in [0.15, 0.2) is 0 Å². The number of hydrogen-bond donors (Lipinski definition) is 1. The Morgan fingerprint density at radius 3 is 2.50 bits per heavy atom. The number of nitrogens with zero attached hydrogens (tertiary/aromatic N) is 3. The first-order valence-electron chi connectivity index (χ1n) is 7.03. The zero-order chi connectivity index (χ0) is 13.1. The molecule has 0 spiro atoms. The van der Waals surface area contributed by atoms with Crippen LogP contribution >= 0.6 is 0 Å². The monoisotopic (exact) mass is 248 g/mol. The number of anilines is 2. The van der Waals surface area contributed by atoms with Gasteiger partial charge in [-0.1, -0.05) is 6.92 Å². The summed E-state index contributed by atoms with van der Waals surface area (Å²) in [7, 11) is 1.93. The summed E-state index contributed by atoms with van der Waals surface area (Å²) in [6.07, 6.45) is 4.63. The van der Waals surface area contributed by atoms with Gasteiger partial charge in [-0.2, -0.15) is 0 Å². The van der Waals surface area contributed by atoms with Crippen LogP contribution in [-0.2, 0) is 6.42 Å². The summed E-state index contributed by atoms with van der Waals surface area (Å²) in [5.74, 6) is 3.06. The summed E-state index contributed by atoms with van der Waals surface area (Å²) in [6.45, 7) is 7.51. The van der Waals surface area contributed by atoms with Crippen molar-refractivity contribution >= 4 is 11.6 Å². The van der Waals surface area contributed by atoms with Crippen molar-refractivity contribution in [3.63, 3.8) is 0 Å². The zero-order valence-electron chi connectivity index (χ0n) is 12.0. The highest BCUT2D eigenvalue weighted by Gasteiger charge is 2.30. The van der Waals surface area contributed by atoms with Gasteiger partial charge in [-0.3, -0.25) is 0 Å². The maximum atomic E-state index is 4.78. The Hall–Kier alpha value is -1.32. The first-order valence-corrected chi connectivity index (χ1v) is 7.03. The molecule has 18 heavy (non-hydrogen) atoms. The lowest BCUT2D eigenvalue weighted by Crippen LogP contribution is -2.28. The largest absolute Gasteiger partial charge is 0.373 e. The van der Waals surface area contributed by atoms with E-state index in [0.29, 0.717) is 6.04 Å². The summed E-state index contributed by atoms with van der Waals surface area (Å²) in [6, 6.07) is 0.697. The molecule has 0 unspecified atom stereocenters. The van der Waals surface area contributed by atoms with Gasteiger partial charge in [-0.25, -0.2) is 9.97 Å². The van der Waals surface area contributed by atoms with E-state index in [4.69, 9.17) is 4.98 Å². The lowest BCUT2D eigenvalue weighted by atomic mass is 10.2. The molecule has 0 amide bonds. The summed E-state index contributed by atoms with van der Waals surface area (Å²) < 4.78 is 0. The van der Waals surface area contributed by atoms with E-state index in [2.05, 4.69) is 36.0 Å². The fourth-order valence-corrected chi connectivity index (χ4v) is 2.38. The molecule has 4 nitrogen and oxygen atoms in total. The predicted molar refractivity (Wildman–Crippen MR) is 76.4 cm³/mol. The van der Waals surface area contributed by atoms with Gasteiger partial charge >= 0.3 is 0 Å². The van der Waals surface area contributed by atoms with Crippen LogP contribution in [0.5, 0.6) is 0 Å². The molecule has 0 aliphatic heterocycles. The standard InChI is InChI=1S/C14H24N4/c1-5-7-12-16-13(15-4)10(3)14(17-12)18(6-2)11-8-9-11/h11H,5-9H2,1-4H3,(H,15,16,17). The minimum atomic E-state index is 0.697. The Morgan fingerprint density at radius 2 is 2.00 bits per heavy atom. The number of aromatic nitrogens is 2. The van der Waals surface area contributed by atoms with Crippen LogP contribution in [0.1, 0.15) is 44.5 Å². The Morgan fingerprint density at radius 1 is 1.28 bits per heavy atom. The molecular formula is C14H24N4. The quantitative estimate of drug-likeness (QED) is 0.840. The highest BCUT2D eigenvalue weighted by molar-refractivity contribution is 5.59. The summed E-state index contributed by atoms with van der Waals surface area (Å²) >= 11 is 0. The van der Waals surface area contributed by atoms with Crippen molar-refractivity contribution in [1.29, 1.82) is 0 Å².